The highest BCUT2D eigenvalue weighted by molar-refractivity contribution is 6.35. The third-order valence-corrected chi connectivity index (χ3v) is 5.53. The highest BCUT2D eigenvalue weighted by Gasteiger charge is 2.28. The van der Waals surface area contributed by atoms with Crippen LogP contribution in [0.15, 0.2) is 59.4 Å². The number of hydrogen-bond donors (Lipinski definition) is 5. The number of imide groups is 1. The summed E-state index contributed by atoms with van der Waals surface area (Å²) in [6.45, 7) is 0. The van der Waals surface area contributed by atoms with E-state index in [4.69, 9.17) is 34.7 Å². The van der Waals surface area contributed by atoms with Gasteiger partial charge in [0.25, 0.3) is 17.4 Å². The number of halogens is 2. The Bertz CT molecular complexity index is 1510. The highest BCUT2D eigenvalue weighted by Crippen LogP contribution is 2.36. The molecule has 0 radical (unpaired) electrons. The number of anilines is 2. The van der Waals surface area contributed by atoms with Gasteiger partial charge in [-0.25, -0.2) is 9.20 Å². The first-order valence-corrected chi connectivity index (χ1v) is 10.4. The topological polar surface area (TPSA) is 165 Å². The van der Waals surface area contributed by atoms with Crippen LogP contribution in [0.5, 0.6) is 0 Å². The number of nitrogens with two attached hydrogens (primary N) is 2. The molecular weight excluding hydrogens is 483 g/mol. The lowest BCUT2D eigenvalue weighted by molar-refractivity contribution is 0.0964. The van der Waals surface area contributed by atoms with Crippen LogP contribution < -0.4 is 27.7 Å². The molecule has 4 rings (SSSR count). The number of urea groups is 1. The van der Waals surface area contributed by atoms with Crippen LogP contribution in [0.2, 0.25) is 10.2 Å². The number of carbonyl (C=O) groups excluding carboxylic acids is 3. The van der Waals surface area contributed by atoms with Gasteiger partial charge in [0.2, 0.25) is 0 Å². The van der Waals surface area contributed by atoms with Crippen molar-refractivity contribution in [2.75, 3.05) is 11.1 Å². The van der Waals surface area contributed by atoms with Crippen LogP contribution in [0.25, 0.3) is 16.8 Å². The molecular formula is C22H16Cl2N6O4. The molecule has 2 heterocycles. The number of carbonyl (C=O) groups is 3. The third kappa shape index (κ3) is 4.07. The average Bonchev–Trinajstić information content (AvgIpc) is 3.07. The molecule has 0 aliphatic heterocycles. The molecule has 7 N–H and O–H groups in total. The molecule has 0 atom stereocenters. The first-order chi connectivity index (χ1) is 16.2. The quantitative estimate of drug-likeness (QED) is 0.290. The number of amides is 4. The lowest BCUT2D eigenvalue weighted by atomic mass is 10.0. The van der Waals surface area contributed by atoms with Crippen molar-refractivity contribution in [3.8, 4) is 11.1 Å². The maximum absolute atomic E-state index is 13.2. The van der Waals surface area contributed by atoms with E-state index in [0.29, 0.717) is 16.3 Å². The number of aromatic amines is 1. The Morgan fingerprint density at radius 2 is 1.59 bits per heavy atom. The molecule has 10 nitrogen and oxygen atoms in total. The van der Waals surface area contributed by atoms with Gasteiger partial charge >= 0.3 is 6.03 Å². The van der Waals surface area contributed by atoms with E-state index in [1.165, 1.54) is 0 Å². The van der Waals surface area contributed by atoms with E-state index in [-0.39, 0.29) is 27.7 Å². The minimum atomic E-state index is -1.08. The Balaban J connectivity index is 1.81. The van der Waals surface area contributed by atoms with E-state index in [2.05, 4.69) is 10.3 Å². The van der Waals surface area contributed by atoms with Crippen molar-refractivity contribution >= 4 is 58.2 Å². The van der Waals surface area contributed by atoms with Crippen molar-refractivity contribution in [3.05, 3.63) is 86.3 Å². The number of para-hydroxylation sites is 1. The minimum Gasteiger partial charge on any atom is -0.384 e. The zero-order valence-corrected chi connectivity index (χ0v) is 18.7. The number of aromatic nitrogens is 2. The van der Waals surface area contributed by atoms with Gasteiger partial charge in [-0.15, -0.1) is 0 Å². The average molecular weight is 499 g/mol. The van der Waals surface area contributed by atoms with Crippen LogP contribution in [-0.4, -0.2) is 27.2 Å². The second kappa shape index (κ2) is 8.93. The van der Waals surface area contributed by atoms with Gasteiger partial charge in [-0.2, -0.15) is 0 Å². The van der Waals surface area contributed by atoms with E-state index in [1.54, 1.807) is 54.6 Å². The maximum Gasteiger partial charge on any atom is 0.326 e. The summed E-state index contributed by atoms with van der Waals surface area (Å²) >= 11 is 12.4. The molecule has 0 saturated heterocycles. The Morgan fingerprint density at radius 3 is 2.21 bits per heavy atom. The molecule has 0 fully saturated rings. The summed E-state index contributed by atoms with van der Waals surface area (Å²) in [5, 5.41) is 4.75. The molecule has 34 heavy (non-hydrogen) atoms. The van der Waals surface area contributed by atoms with Gasteiger partial charge in [-0.3, -0.25) is 19.7 Å². The normalized spacial score (nSPS) is 10.8. The van der Waals surface area contributed by atoms with Gasteiger partial charge in [-0.05, 0) is 29.8 Å². The summed E-state index contributed by atoms with van der Waals surface area (Å²) in [7, 11) is 0. The molecule has 2 aromatic carbocycles. The molecule has 0 spiro atoms. The Hall–Kier alpha value is -4.28. The van der Waals surface area contributed by atoms with E-state index in [1.807, 2.05) is 5.32 Å². The molecule has 0 unspecified atom stereocenters. The number of fused-ring (bicyclic) bond motifs is 1. The van der Waals surface area contributed by atoms with Crippen LogP contribution >= 0.6 is 23.2 Å². The Labute approximate surface area is 201 Å². The van der Waals surface area contributed by atoms with E-state index in [0.717, 1.165) is 4.40 Å². The first-order valence-electron chi connectivity index (χ1n) is 9.67. The molecule has 4 amide bonds. The van der Waals surface area contributed by atoms with Gasteiger partial charge in [-0.1, -0.05) is 53.5 Å². The van der Waals surface area contributed by atoms with Crippen LogP contribution in [-0.2, 0) is 0 Å². The monoisotopic (exact) mass is 498 g/mol. The molecule has 0 aliphatic rings. The van der Waals surface area contributed by atoms with Crippen molar-refractivity contribution in [2.45, 2.75) is 0 Å². The van der Waals surface area contributed by atoms with Gasteiger partial charge in [0.05, 0.1) is 5.56 Å². The number of benzene rings is 2. The first kappa shape index (κ1) is 22.9. The van der Waals surface area contributed by atoms with Crippen LogP contribution in [0.4, 0.5) is 16.3 Å². The number of hydrogen-bond acceptors (Lipinski definition) is 5. The zero-order chi connectivity index (χ0) is 24.6. The van der Waals surface area contributed by atoms with E-state index >= 15 is 0 Å². The third-order valence-electron chi connectivity index (χ3n) is 4.92. The molecule has 4 aromatic rings. The summed E-state index contributed by atoms with van der Waals surface area (Å²) < 4.78 is 0.895. The van der Waals surface area contributed by atoms with Crippen molar-refractivity contribution in [1.82, 2.24) is 14.7 Å². The lowest BCUT2D eigenvalue weighted by Crippen LogP contribution is -2.39. The number of primary amides is 1. The standard InChI is InChI=1S/C22H16Cl2N6O4/c23-11-8-6-10(7-9-11)13-14(18(26)31)19-28-17(25)15(21(33)30(19)16(13)24)20(32)29-22(34)27-12-4-2-1-3-5-12/h1-9,28H,25H2,(H2,26,31)(H2,27,29,32,34). The fourth-order valence-corrected chi connectivity index (χ4v) is 3.95. The lowest BCUT2D eigenvalue weighted by Gasteiger charge is -2.09. The summed E-state index contributed by atoms with van der Waals surface area (Å²) in [5.41, 5.74) is 10.8. The van der Waals surface area contributed by atoms with Gasteiger partial charge in [0, 0.05) is 16.3 Å². The maximum atomic E-state index is 13.2. The van der Waals surface area contributed by atoms with Crippen molar-refractivity contribution in [2.24, 2.45) is 5.73 Å². The second-order valence-electron chi connectivity index (χ2n) is 7.09. The highest BCUT2D eigenvalue weighted by atomic mass is 35.5. The van der Waals surface area contributed by atoms with Crippen LogP contribution in [0, 0.1) is 0 Å². The summed E-state index contributed by atoms with van der Waals surface area (Å²) in [5.74, 6) is -2.35. The molecule has 2 aromatic heterocycles. The van der Waals surface area contributed by atoms with E-state index < -0.39 is 29.0 Å². The van der Waals surface area contributed by atoms with Crippen molar-refractivity contribution < 1.29 is 14.4 Å². The minimum absolute atomic E-state index is 0.102. The number of rotatable bonds is 4. The summed E-state index contributed by atoms with van der Waals surface area (Å²) in [6, 6.07) is 13.8. The SMILES string of the molecule is NC(=O)c1c(-c2ccc(Cl)cc2)c(Cl)n2c(=O)c(C(=O)NC(=O)Nc3ccccc3)c(N)[nH]c12. The molecule has 0 saturated carbocycles. The Morgan fingerprint density at radius 1 is 0.941 bits per heavy atom. The summed E-state index contributed by atoms with van der Waals surface area (Å²) in [4.78, 5) is 53.1. The summed E-state index contributed by atoms with van der Waals surface area (Å²) in [6.07, 6.45) is 0. The fourth-order valence-electron chi connectivity index (χ4n) is 3.46. The molecule has 0 bridgehead atoms. The second-order valence-corrected chi connectivity index (χ2v) is 7.88. The molecule has 0 aliphatic carbocycles. The number of nitrogens with zero attached hydrogens (tertiary/aromatic N) is 1. The largest absolute Gasteiger partial charge is 0.384 e. The van der Waals surface area contributed by atoms with Gasteiger partial charge in [0.15, 0.2) is 0 Å². The van der Waals surface area contributed by atoms with Crippen molar-refractivity contribution in [3.63, 3.8) is 0 Å². The van der Waals surface area contributed by atoms with Crippen molar-refractivity contribution in [1.29, 1.82) is 0 Å². The zero-order valence-electron chi connectivity index (χ0n) is 17.2. The van der Waals surface area contributed by atoms with Gasteiger partial charge < -0.3 is 21.8 Å². The molecule has 172 valence electrons. The number of H-pyrrole nitrogens is 1. The van der Waals surface area contributed by atoms with Crippen LogP contribution in [0.1, 0.15) is 20.7 Å². The molecule has 12 heteroatoms. The fraction of sp³-hybridized carbons (Fsp3) is 0. The van der Waals surface area contributed by atoms with Crippen LogP contribution in [0.3, 0.4) is 0 Å². The number of nitrogens with one attached hydrogen (secondary N) is 3. The van der Waals surface area contributed by atoms with E-state index in [9.17, 15) is 19.2 Å². The predicted molar refractivity (Wildman–Crippen MR) is 129 cm³/mol. The smallest absolute Gasteiger partial charge is 0.326 e. The Kier molecular flexibility index (Phi) is 6.01. The number of nitrogen functional groups attached to an aromatic ring is 1. The van der Waals surface area contributed by atoms with Gasteiger partial charge in [0.1, 0.15) is 22.2 Å². The predicted octanol–water partition coefficient (Wildman–Crippen LogP) is 3.24.